The summed E-state index contributed by atoms with van der Waals surface area (Å²) in [6.07, 6.45) is 14.7. The van der Waals surface area contributed by atoms with Gasteiger partial charge in [-0.3, -0.25) is 11.8 Å². The number of rotatable bonds is 8. The van der Waals surface area contributed by atoms with Crippen LogP contribution in [0.2, 0.25) is 0 Å². The van der Waals surface area contributed by atoms with Gasteiger partial charge in [0.1, 0.15) is 47.7 Å². The predicted molar refractivity (Wildman–Crippen MR) is 321 cm³/mol. The third-order valence-corrected chi connectivity index (χ3v) is 19.2. The van der Waals surface area contributed by atoms with Crippen LogP contribution in [0.1, 0.15) is 11.1 Å². The van der Waals surface area contributed by atoms with Gasteiger partial charge in [-0.1, -0.05) is 170 Å². The van der Waals surface area contributed by atoms with Crippen LogP contribution in [-0.2, 0) is 44.8 Å². The van der Waals surface area contributed by atoms with Crippen molar-refractivity contribution in [2.45, 2.75) is 0 Å². The van der Waals surface area contributed by atoms with Crippen LogP contribution >= 0.6 is 15.8 Å². The maximum absolute atomic E-state index is 7.37. The third kappa shape index (κ3) is 11.2. The first-order valence-electron chi connectivity index (χ1n) is 24.8. The zero-order valence-corrected chi connectivity index (χ0v) is 47.5. The molecule has 13 rings (SSSR count). The van der Waals surface area contributed by atoms with Crippen LogP contribution in [0.5, 0.6) is 0 Å². The Morgan fingerprint density at radius 1 is 0.263 bits per heavy atom. The van der Waals surface area contributed by atoms with Crippen molar-refractivity contribution in [2.24, 2.45) is 0 Å². The Kier molecular flexibility index (Phi) is 17.8. The largest absolute Gasteiger partial charge is 1.00 e. The molecule has 0 N–H and O–H groups in total. The molecule has 0 radical (unpaired) electrons. The van der Waals surface area contributed by atoms with E-state index in [0.29, 0.717) is 0 Å². The van der Waals surface area contributed by atoms with Crippen molar-refractivity contribution in [3.63, 3.8) is 0 Å². The van der Waals surface area contributed by atoms with Crippen LogP contribution < -0.4 is 31.8 Å². The van der Waals surface area contributed by atoms with E-state index in [4.69, 9.17) is 12.8 Å². The van der Waals surface area contributed by atoms with Crippen molar-refractivity contribution in [2.75, 3.05) is 0 Å². The second-order valence-corrected chi connectivity index (χ2v) is 22.7. The maximum Gasteiger partial charge on any atom is 1.00 e. The maximum atomic E-state index is 7.37. The van der Waals surface area contributed by atoms with E-state index in [9.17, 15) is 0 Å². The van der Waals surface area contributed by atoms with Crippen molar-refractivity contribution in [3.8, 4) is 23.2 Å². The summed E-state index contributed by atoms with van der Waals surface area (Å²) < 4.78 is 4.48. The zero-order chi connectivity index (χ0) is 50.1. The van der Waals surface area contributed by atoms with E-state index in [0.717, 1.165) is 33.5 Å². The minimum absolute atomic E-state index is 0. The minimum atomic E-state index is -1.14. The molecule has 2 aromatic heterocycles. The van der Waals surface area contributed by atoms with Crippen LogP contribution in [0.4, 0.5) is 0 Å². The van der Waals surface area contributed by atoms with Gasteiger partial charge in [0.25, 0.3) is 0 Å². The number of aromatic nitrogens is 2. The monoisotopic (exact) mass is 1370 g/mol. The molecule has 0 bridgehead atoms. The van der Waals surface area contributed by atoms with E-state index in [-0.39, 0.29) is 44.8 Å². The van der Waals surface area contributed by atoms with E-state index in [1.54, 1.807) is 0 Å². The van der Waals surface area contributed by atoms with E-state index >= 15 is 0 Å². The van der Waals surface area contributed by atoms with Crippen molar-refractivity contribution in [1.29, 1.82) is 0 Å². The molecule has 0 saturated carbocycles. The van der Waals surface area contributed by atoms with Crippen molar-refractivity contribution >= 4 is 91.3 Å². The third-order valence-electron chi connectivity index (χ3n) is 13.4. The molecule has 370 valence electrons. The van der Waals surface area contributed by atoms with Gasteiger partial charge in [0.2, 0.25) is 0 Å². The number of hydrogen-bond donors (Lipinski definition) is 0. The van der Waals surface area contributed by atoms with Crippen LogP contribution in [0.3, 0.4) is 0 Å². The van der Waals surface area contributed by atoms with E-state index in [1.165, 1.54) is 64.4 Å². The Balaban J connectivity index is 0.000000142. The predicted octanol–water partition coefficient (Wildman–Crippen LogP) is 14.1. The molecule has 2 heterocycles. The van der Waals surface area contributed by atoms with Crippen LogP contribution in [0.25, 0.3) is 55.0 Å². The molecule has 11 aromatic carbocycles. The average molecular weight is 1380 g/mol. The summed E-state index contributed by atoms with van der Waals surface area (Å²) in [5.41, 5.74) is 8.43. The molecule has 0 aliphatic rings. The SMILES string of the molecule is [Au+].[Au+].[C-]#Cc1ccc2c3ccccc3n(-c3ccccc3)c2c1.[C-]#Cc1ccc2c3ccccc3n(-c3ccccc3)c2c1.c1ccc([PH+](c2ccccc2)c2ccccc2[PH+](c2ccccc2)c2ccccc2)cc1. The quantitative estimate of drug-likeness (QED) is 0.0621. The summed E-state index contributed by atoms with van der Waals surface area (Å²) in [5.74, 6) is 4.96. The van der Waals surface area contributed by atoms with Crippen LogP contribution in [0.15, 0.2) is 291 Å². The molecule has 13 aromatic rings. The van der Waals surface area contributed by atoms with Crippen molar-refractivity contribution in [3.05, 3.63) is 315 Å². The summed E-state index contributed by atoms with van der Waals surface area (Å²) in [6, 6.07) is 103. The van der Waals surface area contributed by atoms with E-state index < -0.39 is 15.8 Å². The fourth-order valence-electron chi connectivity index (χ4n) is 10.1. The van der Waals surface area contributed by atoms with Crippen LogP contribution in [0, 0.1) is 24.7 Å². The second kappa shape index (κ2) is 25.3. The molecule has 76 heavy (non-hydrogen) atoms. The topological polar surface area (TPSA) is 9.86 Å². The van der Waals surface area contributed by atoms with Gasteiger partial charge in [-0.2, -0.15) is 0 Å². The Morgan fingerprint density at radius 3 is 0.842 bits per heavy atom. The van der Waals surface area contributed by atoms with Gasteiger partial charge < -0.3 is 22.0 Å². The number of hydrogen-bond acceptors (Lipinski definition) is 0. The molecule has 0 amide bonds. The molecular formula is C70H50Au2N2P2+2. The normalized spacial score (nSPS) is 10.6. The van der Waals surface area contributed by atoms with Crippen molar-refractivity contribution in [1.82, 2.24) is 9.13 Å². The summed E-state index contributed by atoms with van der Waals surface area (Å²) in [7, 11) is -2.28. The molecule has 0 fully saturated rings. The first-order valence-corrected chi connectivity index (χ1v) is 27.8. The fraction of sp³-hybridized carbons (Fsp3) is 0. The summed E-state index contributed by atoms with van der Waals surface area (Å²) in [5, 5.41) is 13.6. The van der Waals surface area contributed by atoms with Gasteiger partial charge in [-0.15, -0.1) is 35.4 Å². The molecule has 0 saturated heterocycles. The molecule has 0 spiro atoms. The van der Waals surface area contributed by atoms with Gasteiger partial charge in [0, 0.05) is 44.0 Å². The zero-order valence-electron chi connectivity index (χ0n) is 41.2. The summed E-state index contributed by atoms with van der Waals surface area (Å²) in [4.78, 5) is 0. The van der Waals surface area contributed by atoms with Gasteiger partial charge in [-0.05, 0) is 97.1 Å². The molecule has 2 nitrogen and oxygen atoms in total. The smallest absolute Gasteiger partial charge is 0.366 e. The number of fused-ring (bicyclic) bond motifs is 6. The first kappa shape index (κ1) is 53.3. The Bertz CT molecular complexity index is 3740. The summed E-state index contributed by atoms with van der Waals surface area (Å²) in [6.45, 7) is 0. The Hall–Kier alpha value is -7.52. The summed E-state index contributed by atoms with van der Waals surface area (Å²) >= 11 is 0. The first-order chi connectivity index (χ1) is 36.7. The van der Waals surface area contributed by atoms with Crippen LogP contribution in [-0.4, -0.2) is 9.13 Å². The Morgan fingerprint density at radius 2 is 0.526 bits per heavy atom. The van der Waals surface area contributed by atoms with Gasteiger partial charge in [0.15, 0.2) is 0 Å². The van der Waals surface area contributed by atoms with Gasteiger partial charge >= 0.3 is 44.8 Å². The molecular weight excluding hydrogens is 1320 g/mol. The number of benzene rings is 11. The molecule has 0 atom stereocenters. The molecule has 0 unspecified atom stereocenters. The standard InChI is InChI=1S/C30H24P2.2C20H12N.2Au/c1-5-15-25(16-6-1)31(26-17-7-2-8-18-26)29-23-13-14-24-30(29)32(27-19-9-3-10-20-27)28-21-11-4-12-22-28;2*1-2-15-12-13-18-17-10-6-7-11-19(17)21(20(18)14-15)16-8-4-3-5-9-16;;/h1-24H;2*3-14H;;/q;2*-1;2*+1/p+2. The minimum Gasteiger partial charge on any atom is -0.366 e. The number of nitrogens with zero attached hydrogens (tertiary/aromatic N) is 2. The molecule has 6 heteroatoms. The molecule has 0 aliphatic heterocycles. The van der Waals surface area contributed by atoms with E-state index in [1.807, 2.05) is 60.7 Å². The Labute approximate surface area is 479 Å². The van der Waals surface area contributed by atoms with Gasteiger partial charge in [0.05, 0.1) is 11.0 Å². The second-order valence-electron chi connectivity index (χ2n) is 17.8. The van der Waals surface area contributed by atoms with Gasteiger partial charge in [-0.25, -0.2) is 0 Å². The average Bonchev–Trinajstić information content (AvgIpc) is 4.00. The van der Waals surface area contributed by atoms with E-state index in [2.05, 4.69) is 251 Å². The van der Waals surface area contributed by atoms with Crippen molar-refractivity contribution < 1.29 is 44.8 Å². The molecule has 0 aliphatic carbocycles. The number of para-hydroxylation sites is 4. The fourth-order valence-corrected chi connectivity index (χ4v) is 16.1.